The molecule has 0 unspecified atom stereocenters. The Balaban J connectivity index is 1.79. The summed E-state index contributed by atoms with van der Waals surface area (Å²) in [5, 5.41) is 5.98. The van der Waals surface area contributed by atoms with Gasteiger partial charge in [-0.1, -0.05) is 6.07 Å². The topological polar surface area (TPSA) is 121 Å². The highest BCUT2D eigenvalue weighted by Crippen LogP contribution is 2.39. The van der Waals surface area contributed by atoms with E-state index in [2.05, 4.69) is 25.6 Å². The van der Waals surface area contributed by atoms with E-state index < -0.39 is 17.5 Å². The minimum absolute atomic E-state index is 0.0117. The number of carbonyl (C=O) groups is 2. The Kier molecular flexibility index (Phi) is 6.33. The monoisotopic (exact) mass is 482 g/mol. The number of carbonyl (C=O) groups excluding carboxylic acids is 2. The summed E-state index contributed by atoms with van der Waals surface area (Å²) in [5.41, 5.74) is 2.08. The third kappa shape index (κ3) is 4.88. The molecule has 10 nitrogen and oxygen atoms in total. The maximum atomic E-state index is 14.3. The van der Waals surface area contributed by atoms with Crippen LogP contribution in [0.2, 0.25) is 0 Å². The lowest BCUT2D eigenvalue weighted by atomic mass is 10.1. The number of para-hydroxylation sites is 1. The van der Waals surface area contributed by atoms with Crippen LogP contribution in [0.3, 0.4) is 0 Å². The van der Waals surface area contributed by atoms with Gasteiger partial charge in [-0.05, 0) is 39.0 Å². The molecular weight excluding hydrogens is 455 g/mol. The van der Waals surface area contributed by atoms with Crippen LogP contribution < -0.4 is 20.3 Å². The van der Waals surface area contributed by atoms with Crippen molar-refractivity contribution in [3.63, 3.8) is 0 Å². The number of anilines is 3. The van der Waals surface area contributed by atoms with E-state index in [9.17, 15) is 14.0 Å². The van der Waals surface area contributed by atoms with Gasteiger partial charge in [0, 0.05) is 31.9 Å². The largest absolute Gasteiger partial charge is 0.492 e. The summed E-state index contributed by atoms with van der Waals surface area (Å²) in [6, 6.07) is 6.12. The molecule has 35 heavy (non-hydrogen) atoms. The zero-order valence-corrected chi connectivity index (χ0v) is 20.2. The molecule has 2 amide bonds. The number of aromatic amines is 1. The Bertz CT molecular complexity index is 1280. The molecule has 0 spiro atoms. The molecule has 1 aliphatic rings. The number of nitrogens with one attached hydrogen (secondary N) is 3. The van der Waals surface area contributed by atoms with Crippen LogP contribution in [0, 0.1) is 5.82 Å². The lowest BCUT2D eigenvalue weighted by Gasteiger charge is -2.23. The summed E-state index contributed by atoms with van der Waals surface area (Å²) in [5.74, 6) is -0.691. The second-order valence-electron chi connectivity index (χ2n) is 8.96. The summed E-state index contributed by atoms with van der Waals surface area (Å²) in [6.07, 6.45) is 1.47. The van der Waals surface area contributed by atoms with Crippen molar-refractivity contribution in [1.29, 1.82) is 0 Å². The fourth-order valence-electron chi connectivity index (χ4n) is 3.71. The molecule has 3 aromatic rings. The molecule has 0 atom stereocenters. The van der Waals surface area contributed by atoms with E-state index in [-0.39, 0.29) is 17.6 Å². The maximum Gasteiger partial charge on any atom is 0.416 e. The first-order chi connectivity index (χ1) is 16.6. The number of methoxy groups -OCH3 is 1. The molecule has 3 heterocycles. The number of rotatable bonds is 5. The van der Waals surface area contributed by atoms with Crippen LogP contribution in [0.4, 0.5) is 26.5 Å². The van der Waals surface area contributed by atoms with Gasteiger partial charge in [0.2, 0.25) is 5.95 Å². The molecule has 1 aliphatic heterocycles. The van der Waals surface area contributed by atoms with Crippen molar-refractivity contribution in [2.45, 2.75) is 32.8 Å². The number of hydrogen-bond acceptors (Lipinski definition) is 7. The van der Waals surface area contributed by atoms with Crippen LogP contribution in [-0.2, 0) is 11.2 Å². The highest BCUT2D eigenvalue weighted by Gasteiger charge is 2.29. The van der Waals surface area contributed by atoms with E-state index in [0.717, 1.165) is 0 Å². The molecule has 3 N–H and O–H groups in total. The first-order valence-corrected chi connectivity index (χ1v) is 11.0. The van der Waals surface area contributed by atoms with E-state index in [1.165, 1.54) is 37.4 Å². The maximum absolute atomic E-state index is 14.3. The average molecular weight is 483 g/mol. The number of H-pyrrole nitrogens is 1. The average Bonchev–Trinajstić information content (AvgIpc) is 3.17. The van der Waals surface area contributed by atoms with Gasteiger partial charge in [-0.3, -0.25) is 4.79 Å². The summed E-state index contributed by atoms with van der Waals surface area (Å²) in [7, 11) is 2.88. The molecule has 4 rings (SSSR count). The number of hydrogen-bond donors (Lipinski definition) is 3. The Morgan fingerprint density at radius 3 is 2.74 bits per heavy atom. The van der Waals surface area contributed by atoms with Crippen molar-refractivity contribution in [3.05, 3.63) is 47.5 Å². The highest BCUT2D eigenvalue weighted by atomic mass is 19.1. The van der Waals surface area contributed by atoms with Gasteiger partial charge in [0.15, 0.2) is 11.6 Å². The summed E-state index contributed by atoms with van der Waals surface area (Å²) in [6.45, 7) is 5.78. The first-order valence-electron chi connectivity index (χ1n) is 11.0. The second-order valence-corrected chi connectivity index (χ2v) is 8.96. The van der Waals surface area contributed by atoms with Crippen LogP contribution in [0.5, 0.6) is 5.75 Å². The minimum Gasteiger partial charge on any atom is -0.492 e. The van der Waals surface area contributed by atoms with E-state index in [0.29, 0.717) is 47.0 Å². The van der Waals surface area contributed by atoms with Crippen LogP contribution in [0.15, 0.2) is 30.5 Å². The van der Waals surface area contributed by atoms with Gasteiger partial charge < -0.3 is 25.1 Å². The van der Waals surface area contributed by atoms with Gasteiger partial charge in [-0.15, -0.1) is 0 Å². The fourth-order valence-corrected chi connectivity index (χ4v) is 3.71. The number of benzene rings is 1. The van der Waals surface area contributed by atoms with Crippen molar-refractivity contribution < 1.29 is 23.5 Å². The predicted molar refractivity (Wildman–Crippen MR) is 129 cm³/mol. The van der Waals surface area contributed by atoms with E-state index in [4.69, 9.17) is 9.47 Å². The van der Waals surface area contributed by atoms with Crippen LogP contribution >= 0.6 is 0 Å². The fraction of sp³-hybridized carbons (Fsp3) is 0.333. The van der Waals surface area contributed by atoms with Crippen molar-refractivity contribution >= 4 is 29.3 Å². The number of nitrogens with zero attached hydrogens (tertiary/aromatic N) is 3. The Hall–Kier alpha value is -4.15. The molecule has 184 valence electrons. The van der Waals surface area contributed by atoms with Crippen molar-refractivity contribution in [2.24, 2.45) is 0 Å². The molecule has 0 fully saturated rings. The molecule has 0 aliphatic carbocycles. The van der Waals surface area contributed by atoms with E-state index in [1.807, 2.05) is 0 Å². The smallest absolute Gasteiger partial charge is 0.416 e. The normalized spacial score (nSPS) is 13.0. The number of halogens is 1. The van der Waals surface area contributed by atoms with E-state index in [1.54, 1.807) is 32.9 Å². The molecule has 0 saturated heterocycles. The van der Waals surface area contributed by atoms with Crippen molar-refractivity contribution in [3.8, 4) is 17.1 Å². The van der Waals surface area contributed by atoms with Crippen molar-refractivity contribution in [1.82, 2.24) is 20.3 Å². The van der Waals surface area contributed by atoms with Gasteiger partial charge in [-0.2, -0.15) is 0 Å². The summed E-state index contributed by atoms with van der Waals surface area (Å²) < 4.78 is 25.0. The summed E-state index contributed by atoms with van der Waals surface area (Å²) in [4.78, 5) is 38.5. The minimum atomic E-state index is -0.685. The third-order valence-corrected chi connectivity index (χ3v) is 5.26. The molecular formula is C24H27FN6O4. The van der Waals surface area contributed by atoms with Crippen molar-refractivity contribution in [2.75, 3.05) is 30.9 Å². The zero-order valence-electron chi connectivity index (χ0n) is 20.2. The van der Waals surface area contributed by atoms with Crippen LogP contribution in [0.25, 0.3) is 11.4 Å². The number of ether oxygens (including phenoxy) is 2. The lowest BCUT2D eigenvalue weighted by Crippen LogP contribution is -2.35. The van der Waals surface area contributed by atoms with Gasteiger partial charge >= 0.3 is 6.09 Å². The standard InChI is InChI=1S/C24H27FN6O4/c1-24(2,3)35-23(33)31(4)22-27-12-10-15(30-22)18-19(17-14(28-18)9-11-26-21(17)32)29-16-8-6-7-13(25)20(16)34-5/h6-8,10,12,28-29H,9,11H2,1-5H3,(H,26,32). The third-order valence-electron chi connectivity index (χ3n) is 5.26. The first kappa shape index (κ1) is 24.0. The van der Waals surface area contributed by atoms with Crippen LogP contribution in [-0.4, -0.2) is 53.3 Å². The Morgan fingerprint density at radius 1 is 1.26 bits per heavy atom. The molecule has 2 aromatic heterocycles. The predicted octanol–water partition coefficient (Wildman–Crippen LogP) is 4.02. The number of fused-ring (bicyclic) bond motifs is 1. The second kappa shape index (κ2) is 9.24. The number of amides is 2. The van der Waals surface area contributed by atoms with Gasteiger partial charge in [0.05, 0.1) is 35.4 Å². The van der Waals surface area contributed by atoms with E-state index >= 15 is 0 Å². The number of aromatic nitrogens is 3. The SMILES string of the molecule is COc1c(F)cccc1Nc1c(-c2ccnc(N(C)C(=O)OC(C)(C)C)n2)[nH]c2c1C(=O)NCC2. The molecule has 1 aromatic carbocycles. The molecule has 0 bridgehead atoms. The van der Waals surface area contributed by atoms with Gasteiger partial charge in [0.1, 0.15) is 5.60 Å². The zero-order chi connectivity index (χ0) is 25.3. The quantitative estimate of drug-likeness (QED) is 0.502. The highest BCUT2D eigenvalue weighted by molar-refractivity contribution is 6.06. The molecule has 0 saturated carbocycles. The van der Waals surface area contributed by atoms with Crippen LogP contribution in [0.1, 0.15) is 36.8 Å². The van der Waals surface area contributed by atoms with Gasteiger partial charge in [0.25, 0.3) is 5.91 Å². The molecule has 11 heteroatoms. The lowest BCUT2D eigenvalue weighted by molar-refractivity contribution is 0.0587. The Labute approximate surface area is 201 Å². The Morgan fingerprint density at radius 2 is 2.03 bits per heavy atom. The summed E-state index contributed by atoms with van der Waals surface area (Å²) >= 11 is 0. The van der Waals surface area contributed by atoms with Gasteiger partial charge in [-0.25, -0.2) is 24.1 Å². The molecule has 0 radical (unpaired) electrons.